The normalized spacial score (nSPS) is 10.7. The van der Waals surface area contributed by atoms with Crippen LogP contribution in [0.15, 0.2) is 18.6 Å². The smallest absolute Gasteiger partial charge is 0.115 e. The van der Waals surface area contributed by atoms with Crippen LogP contribution in [-0.2, 0) is 6.42 Å². The number of rotatable bonds is 5. The van der Waals surface area contributed by atoms with Gasteiger partial charge in [0, 0.05) is 24.9 Å². The van der Waals surface area contributed by atoms with E-state index >= 15 is 0 Å². The standard InChI is InChI=1S/C10H17N3/c1-9(2)7-11-5-3-10-4-6-12-8-13-10/h4,6,8-9,11H,3,5,7H2,1-2H3. The molecular weight excluding hydrogens is 162 g/mol. The Labute approximate surface area is 79.6 Å². The summed E-state index contributed by atoms with van der Waals surface area (Å²) >= 11 is 0. The predicted molar refractivity (Wildman–Crippen MR) is 53.4 cm³/mol. The Morgan fingerprint density at radius 1 is 1.46 bits per heavy atom. The molecule has 0 aromatic carbocycles. The SMILES string of the molecule is CC(C)CNCCc1ccncn1. The van der Waals surface area contributed by atoms with E-state index in [2.05, 4.69) is 29.1 Å². The van der Waals surface area contributed by atoms with Crippen molar-refractivity contribution in [3.8, 4) is 0 Å². The Morgan fingerprint density at radius 2 is 2.31 bits per heavy atom. The van der Waals surface area contributed by atoms with Crippen molar-refractivity contribution in [2.75, 3.05) is 13.1 Å². The highest BCUT2D eigenvalue weighted by Crippen LogP contribution is 1.92. The van der Waals surface area contributed by atoms with Gasteiger partial charge in [0.2, 0.25) is 0 Å². The molecule has 1 rings (SSSR count). The van der Waals surface area contributed by atoms with E-state index in [1.165, 1.54) is 0 Å². The third kappa shape index (κ3) is 4.58. The molecule has 0 fully saturated rings. The van der Waals surface area contributed by atoms with E-state index in [9.17, 15) is 0 Å². The fraction of sp³-hybridized carbons (Fsp3) is 0.600. The molecular formula is C10H17N3. The molecule has 3 heteroatoms. The Hall–Kier alpha value is -0.960. The largest absolute Gasteiger partial charge is 0.316 e. The molecule has 0 unspecified atom stereocenters. The van der Waals surface area contributed by atoms with Gasteiger partial charge in [-0.25, -0.2) is 9.97 Å². The minimum atomic E-state index is 0.713. The molecule has 1 aromatic heterocycles. The van der Waals surface area contributed by atoms with Crippen molar-refractivity contribution in [3.63, 3.8) is 0 Å². The lowest BCUT2D eigenvalue weighted by Crippen LogP contribution is -2.22. The fourth-order valence-corrected chi connectivity index (χ4v) is 1.07. The second-order valence-electron chi connectivity index (χ2n) is 3.55. The van der Waals surface area contributed by atoms with Gasteiger partial charge in [-0.3, -0.25) is 0 Å². The second-order valence-corrected chi connectivity index (χ2v) is 3.55. The van der Waals surface area contributed by atoms with Crippen LogP contribution in [0.1, 0.15) is 19.5 Å². The number of nitrogens with one attached hydrogen (secondary N) is 1. The summed E-state index contributed by atoms with van der Waals surface area (Å²) in [5.41, 5.74) is 1.10. The van der Waals surface area contributed by atoms with Gasteiger partial charge in [-0.05, 0) is 18.5 Å². The number of hydrogen-bond donors (Lipinski definition) is 1. The molecule has 72 valence electrons. The third-order valence-corrected chi connectivity index (χ3v) is 1.75. The molecule has 1 aromatic rings. The van der Waals surface area contributed by atoms with Gasteiger partial charge < -0.3 is 5.32 Å². The topological polar surface area (TPSA) is 37.8 Å². The van der Waals surface area contributed by atoms with E-state index in [-0.39, 0.29) is 0 Å². The van der Waals surface area contributed by atoms with E-state index in [4.69, 9.17) is 0 Å². The maximum absolute atomic E-state index is 4.14. The fourth-order valence-electron chi connectivity index (χ4n) is 1.07. The van der Waals surface area contributed by atoms with Crippen molar-refractivity contribution in [3.05, 3.63) is 24.3 Å². The molecule has 0 aliphatic heterocycles. The van der Waals surface area contributed by atoms with Gasteiger partial charge in [-0.1, -0.05) is 13.8 Å². The lowest BCUT2D eigenvalue weighted by Gasteiger charge is -2.06. The van der Waals surface area contributed by atoms with Gasteiger partial charge in [0.1, 0.15) is 6.33 Å². The summed E-state index contributed by atoms with van der Waals surface area (Å²) in [6.07, 6.45) is 4.36. The lowest BCUT2D eigenvalue weighted by atomic mass is 10.2. The molecule has 0 radical (unpaired) electrons. The van der Waals surface area contributed by atoms with E-state index in [0.29, 0.717) is 5.92 Å². The van der Waals surface area contributed by atoms with Crippen LogP contribution in [-0.4, -0.2) is 23.1 Å². The lowest BCUT2D eigenvalue weighted by molar-refractivity contribution is 0.552. The highest BCUT2D eigenvalue weighted by atomic mass is 14.9. The highest BCUT2D eigenvalue weighted by Gasteiger charge is 1.94. The van der Waals surface area contributed by atoms with Crippen LogP contribution in [0.25, 0.3) is 0 Å². The molecule has 0 amide bonds. The average Bonchev–Trinajstić information content (AvgIpc) is 2.14. The second kappa shape index (κ2) is 5.65. The monoisotopic (exact) mass is 179 g/mol. The zero-order valence-corrected chi connectivity index (χ0v) is 8.33. The Morgan fingerprint density at radius 3 is 2.92 bits per heavy atom. The van der Waals surface area contributed by atoms with Gasteiger partial charge in [0.05, 0.1) is 0 Å². The molecule has 0 saturated carbocycles. The molecule has 0 saturated heterocycles. The van der Waals surface area contributed by atoms with Crippen molar-refractivity contribution in [1.29, 1.82) is 0 Å². The highest BCUT2D eigenvalue weighted by molar-refractivity contribution is 4.97. The van der Waals surface area contributed by atoms with Gasteiger partial charge in [-0.2, -0.15) is 0 Å². The van der Waals surface area contributed by atoms with E-state index in [1.807, 2.05) is 6.07 Å². The van der Waals surface area contributed by atoms with Crippen LogP contribution in [0.4, 0.5) is 0 Å². The molecule has 0 aliphatic rings. The molecule has 3 nitrogen and oxygen atoms in total. The summed E-state index contributed by atoms with van der Waals surface area (Å²) in [5.74, 6) is 0.713. The van der Waals surface area contributed by atoms with E-state index in [0.717, 1.165) is 25.2 Å². The number of nitrogens with zero attached hydrogens (tertiary/aromatic N) is 2. The van der Waals surface area contributed by atoms with Crippen molar-refractivity contribution >= 4 is 0 Å². The minimum Gasteiger partial charge on any atom is -0.316 e. The van der Waals surface area contributed by atoms with Crippen molar-refractivity contribution in [2.45, 2.75) is 20.3 Å². The molecule has 0 aliphatic carbocycles. The first-order chi connectivity index (χ1) is 6.29. The first-order valence-electron chi connectivity index (χ1n) is 4.74. The predicted octanol–water partition coefficient (Wildman–Crippen LogP) is 1.26. The van der Waals surface area contributed by atoms with Crippen molar-refractivity contribution in [2.24, 2.45) is 5.92 Å². The summed E-state index contributed by atoms with van der Waals surface area (Å²) in [7, 11) is 0. The van der Waals surface area contributed by atoms with Crippen LogP contribution in [0.5, 0.6) is 0 Å². The summed E-state index contributed by atoms with van der Waals surface area (Å²) in [6, 6.07) is 1.96. The molecule has 13 heavy (non-hydrogen) atoms. The summed E-state index contributed by atoms with van der Waals surface area (Å²) < 4.78 is 0. The van der Waals surface area contributed by atoms with Crippen molar-refractivity contribution in [1.82, 2.24) is 15.3 Å². The maximum Gasteiger partial charge on any atom is 0.115 e. The molecule has 1 N–H and O–H groups in total. The van der Waals surface area contributed by atoms with E-state index in [1.54, 1.807) is 12.5 Å². The number of aromatic nitrogens is 2. The van der Waals surface area contributed by atoms with Crippen LogP contribution >= 0.6 is 0 Å². The zero-order valence-electron chi connectivity index (χ0n) is 8.33. The van der Waals surface area contributed by atoms with Gasteiger partial charge in [-0.15, -0.1) is 0 Å². The molecule has 0 spiro atoms. The molecule has 0 atom stereocenters. The zero-order chi connectivity index (χ0) is 9.52. The first kappa shape index (κ1) is 10.1. The van der Waals surface area contributed by atoms with Crippen molar-refractivity contribution < 1.29 is 0 Å². The quantitative estimate of drug-likeness (QED) is 0.692. The van der Waals surface area contributed by atoms with Gasteiger partial charge in [0.15, 0.2) is 0 Å². The average molecular weight is 179 g/mol. The van der Waals surface area contributed by atoms with Gasteiger partial charge >= 0.3 is 0 Å². The summed E-state index contributed by atoms with van der Waals surface area (Å²) in [5, 5.41) is 3.37. The first-order valence-corrected chi connectivity index (χ1v) is 4.74. The Balaban J connectivity index is 2.13. The third-order valence-electron chi connectivity index (χ3n) is 1.75. The van der Waals surface area contributed by atoms with Crippen LogP contribution in [0.3, 0.4) is 0 Å². The van der Waals surface area contributed by atoms with Gasteiger partial charge in [0.25, 0.3) is 0 Å². The van der Waals surface area contributed by atoms with Crippen LogP contribution in [0, 0.1) is 5.92 Å². The molecule has 0 bridgehead atoms. The Bertz CT molecular complexity index is 221. The molecule has 1 heterocycles. The summed E-state index contributed by atoms with van der Waals surface area (Å²) in [6.45, 7) is 6.48. The van der Waals surface area contributed by atoms with Crippen LogP contribution in [0.2, 0.25) is 0 Å². The maximum atomic E-state index is 4.14. The van der Waals surface area contributed by atoms with E-state index < -0.39 is 0 Å². The Kier molecular flexibility index (Phi) is 4.40. The minimum absolute atomic E-state index is 0.713. The summed E-state index contributed by atoms with van der Waals surface area (Å²) in [4.78, 5) is 8.01. The van der Waals surface area contributed by atoms with Crippen LogP contribution < -0.4 is 5.32 Å². The number of hydrogen-bond acceptors (Lipinski definition) is 3.